The molecule has 0 saturated carbocycles. The standard InChI is InChI=1S/C19H22ClNO4/c1-12-9-14(20)5-7-17(12)25-11-19(22)21-13(2)16-10-15(23-3)6-8-18(16)24-4/h5-10,13H,11H2,1-4H3,(H,21,22)/t13-/m0/s1. The lowest BCUT2D eigenvalue weighted by atomic mass is 10.1. The molecule has 1 amide bonds. The fourth-order valence-electron chi connectivity index (χ4n) is 2.46. The number of rotatable bonds is 7. The number of hydrogen-bond donors (Lipinski definition) is 1. The van der Waals surface area contributed by atoms with Crippen LogP contribution in [0.3, 0.4) is 0 Å². The zero-order chi connectivity index (χ0) is 18.4. The van der Waals surface area contributed by atoms with E-state index < -0.39 is 0 Å². The molecule has 0 unspecified atom stereocenters. The van der Waals surface area contributed by atoms with Crippen LogP contribution in [0, 0.1) is 6.92 Å². The summed E-state index contributed by atoms with van der Waals surface area (Å²) in [5, 5.41) is 3.53. The van der Waals surface area contributed by atoms with E-state index in [2.05, 4.69) is 5.32 Å². The molecular formula is C19H22ClNO4. The molecule has 0 radical (unpaired) electrons. The van der Waals surface area contributed by atoms with Gasteiger partial charge in [0.1, 0.15) is 17.2 Å². The summed E-state index contributed by atoms with van der Waals surface area (Å²) < 4.78 is 16.2. The average Bonchev–Trinajstić information content (AvgIpc) is 2.60. The number of ether oxygens (including phenoxy) is 3. The maximum absolute atomic E-state index is 12.2. The predicted octanol–water partition coefficient (Wildman–Crippen LogP) is 3.92. The van der Waals surface area contributed by atoms with Gasteiger partial charge in [-0.05, 0) is 55.8 Å². The quantitative estimate of drug-likeness (QED) is 0.810. The van der Waals surface area contributed by atoms with E-state index >= 15 is 0 Å². The summed E-state index contributed by atoms with van der Waals surface area (Å²) in [6.45, 7) is 3.67. The second kappa shape index (κ2) is 8.62. The van der Waals surface area contributed by atoms with Gasteiger partial charge in [0.25, 0.3) is 5.91 Å². The first-order valence-electron chi connectivity index (χ1n) is 7.84. The van der Waals surface area contributed by atoms with Crippen molar-refractivity contribution in [3.8, 4) is 17.2 Å². The maximum Gasteiger partial charge on any atom is 0.258 e. The number of hydrogen-bond acceptors (Lipinski definition) is 4. The van der Waals surface area contributed by atoms with Crippen molar-refractivity contribution in [1.29, 1.82) is 0 Å². The van der Waals surface area contributed by atoms with Crippen LogP contribution in [-0.2, 0) is 4.79 Å². The topological polar surface area (TPSA) is 56.8 Å². The highest BCUT2D eigenvalue weighted by Gasteiger charge is 2.16. The van der Waals surface area contributed by atoms with Crippen LogP contribution in [0.5, 0.6) is 17.2 Å². The molecule has 0 aliphatic carbocycles. The molecule has 0 aliphatic heterocycles. The fraction of sp³-hybridized carbons (Fsp3) is 0.316. The van der Waals surface area contributed by atoms with Crippen LogP contribution in [-0.4, -0.2) is 26.7 Å². The largest absolute Gasteiger partial charge is 0.497 e. The smallest absolute Gasteiger partial charge is 0.258 e. The molecule has 0 aliphatic rings. The van der Waals surface area contributed by atoms with Crippen LogP contribution in [0.25, 0.3) is 0 Å². The summed E-state index contributed by atoms with van der Waals surface area (Å²) in [4.78, 5) is 12.2. The van der Waals surface area contributed by atoms with Gasteiger partial charge in [0.05, 0.1) is 20.3 Å². The molecule has 2 rings (SSSR count). The van der Waals surface area contributed by atoms with Crippen molar-refractivity contribution in [2.24, 2.45) is 0 Å². The number of aryl methyl sites for hydroxylation is 1. The summed E-state index contributed by atoms with van der Waals surface area (Å²) in [6, 6.07) is 10.5. The van der Waals surface area contributed by atoms with Crippen molar-refractivity contribution in [3.63, 3.8) is 0 Å². The van der Waals surface area contributed by atoms with E-state index in [0.717, 1.165) is 11.1 Å². The Hall–Kier alpha value is -2.40. The van der Waals surface area contributed by atoms with Gasteiger partial charge in [-0.1, -0.05) is 11.6 Å². The molecule has 6 heteroatoms. The van der Waals surface area contributed by atoms with Gasteiger partial charge in [0, 0.05) is 10.6 Å². The SMILES string of the molecule is COc1ccc(OC)c([C@H](C)NC(=O)COc2ccc(Cl)cc2C)c1. The van der Waals surface area contributed by atoms with Crippen molar-refractivity contribution in [2.45, 2.75) is 19.9 Å². The van der Waals surface area contributed by atoms with Crippen LogP contribution in [0.15, 0.2) is 36.4 Å². The van der Waals surface area contributed by atoms with Crippen LogP contribution in [0.4, 0.5) is 0 Å². The number of carbonyl (C=O) groups is 1. The minimum Gasteiger partial charge on any atom is -0.497 e. The second-order valence-corrected chi connectivity index (χ2v) is 6.03. The number of amides is 1. The Labute approximate surface area is 152 Å². The highest BCUT2D eigenvalue weighted by molar-refractivity contribution is 6.30. The lowest BCUT2D eigenvalue weighted by molar-refractivity contribution is -0.123. The van der Waals surface area contributed by atoms with Crippen molar-refractivity contribution < 1.29 is 19.0 Å². The summed E-state index contributed by atoms with van der Waals surface area (Å²) in [7, 11) is 3.18. The second-order valence-electron chi connectivity index (χ2n) is 5.60. The third kappa shape index (κ3) is 5.03. The molecule has 1 N–H and O–H groups in total. The van der Waals surface area contributed by atoms with E-state index in [0.29, 0.717) is 22.3 Å². The Morgan fingerprint density at radius 3 is 2.48 bits per heavy atom. The van der Waals surface area contributed by atoms with Gasteiger partial charge >= 0.3 is 0 Å². The van der Waals surface area contributed by atoms with Gasteiger partial charge in [0.15, 0.2) is 6.61 Å². The van der Waals surface area contributed by atoms with E-state index in [1.165, 1.54) is 0 Å². The van der Waals surface area contributed by atoms with Gasteiger partial charge in [-0.25, -0.2) is 0 Å². The normalized spacial score (nSPS) is 11.6. The summed E-state index contributed by atoms with van der Waals surface area (Å²) in [5.41, 5.74) is 1.71. The molecule has 5 nitrogen and oxygen atoms in total. The monoisotopic (exact) mass is 363 g/mol. The van der Waals surface area contributed by atoms with Gasteiger partial charge < -0.3 is 19.5 Å². The number of benzene rings is 2. The average molecular weight is 364 g/mol. The number of carbonyl (C=O) groups excluding carboxylic acids is 1. The third-order valence-electron chi connectivity index (χ3n) is 3.78. The molecule has 0 spiro atoms. The molecular weight excluding hydrogens is 342 g/mol. The lowest BCUT2D eigenvalue weighted by Crippen LogP contribution is -2.31. The molecule has 2 aromatic rings. The highest BCUT2D eigenvalue weighted by atomic mass is 35.5. The zero-order valence-corrected chi connectivity index (χ0v) is 15.5. The number of nitrogens with one attached hydrogen (secondary N) is 1. The fourth-order valence-corrected chi connectivity index (χ4v) is 2.68. The highest BCUT2D eigenvalue weighted by Crippen LogP contribution is 2.29. The zero-order valence-electron chi connectivity index (χ0n) is 14.8. The van der Waals surface area contributed by atoms with Gasteiger partial charge in [0.2, 0.25) is 0 Å². The van der Waals surface area contributed by atoms with E-state index in [-0.39, 0.29) is 18.6 Å². The Morgan fingerprint density at radius 2 is 1.84 bits per heavy atom. The van der Waals surface area contributed by atoms with E-state index in [1.807, 2.05) is 32.0 Å². The summed E-state index contributed by atoms with van der Waals surface area (Å²) in [6.07, 6.45) is 0. The Kier molecular flexibility index (Phi) is 6.53. The van der Waals surface area contributed by atoms with Crippen molar-refractivity contribution in [2.75, 3.05) is 20.8 Å². The first-order valence-corrected chi connectivity index (χ1v) is 8.22. The Balaban J connectivity index is 2.00. The first-order chi connectivity index (χ1) is 11.9. The van der Waals surface area contributed by atoms with Crippen molar-refractivity contribution in [3.05, 3.63) is 52.5 Å². The van der Waals surface area contributed by atoms with E-state index in [9.17, 15) is 4.79 Å². The minimum atomic E-state index is -0.257. The molecule has 0 fully saturated rings. The first kappa shape index (κ1) is 18.9. The van der Waals surface area contributed by atoms with Crippen LogP contribution in [0.2, 0.25) is 5.02 Å². The molecule has 0 aromatic heterocycles. The molecule has 134 valence electrons. The van der Waals surface area contributed by atoms with E-state index in [1.54, 1.807) is 32.4 Å². The van der Waals surface area contributed by atoms with Crippen LogP contribution >= 0.6 is 11.6 Å². The lowest BCUT2D eigenvalue weighted by Gasteiger charge is -2.18. The Morgan fingerprint density at radius 1 is 1.12 bits per heavy atom. The molecule has 0 bridgehead atoms. The molecule has 1 atom stereocenters. The molecule has 2 aromatic carbocycles. The predicted molar refractivity (Wildman–Crippen MR) is 97.8 cm³/mol. The molecule has 25 heavy (non-hydrogen) atoms. The van der Waals surface area contributed by atoms with Gasteiger partial charge in [-0.15, -0.1) is 0 Å². The van der Waals surface area contributed by atoms with Crippen molar-refractivity contribution >= 4 is 17.5 Å². The van der Waals surface area contributed by atoms with Gasteiger partial charge in [-0.3, -0.25) is 4.79 Å². The number of halogens is 1. The summed E-state index contributed by atoms with van der Waals surface area (Å²) >= 11 is 5.91. The number of methoxy groups -OCH3 is 2. The third-order valence-corrected chi connectivity index (χ3v) is 4.01. The Bertz CT molecular complexity index is 748. The van der Waals surface area contributed by atoms with E-state index in [4.69, 9.17) is 25.8 Å². The van der Waals surface area contributed by atoms with Crippen LogP contribution < -0.4 is 19.5 Å². The maximum atomic E-state index is 12.2. The minimum absolute atomic E-state index is 0.0842. The van der Waals surface area contributed by atoms with Gasteiger partial charge in [-0.2, -0.15) is 0 Å². The van der Waals surface area contributed by atoms with Crippen molar-refractivity contribution in [1.82, 2.24) is 5.32 Å². The molecule has 0 heterocycles. The molecule has 0 saturated heterocycles. The van der Waals surface area contributed by atoms with Crippen LogP contribution in [0.1, 0.15) is 24.1 Å². The summed E-state index contributed by atoms with van der Waals surface area (Å²) in [5.74, 6) is 1.78.